The first kappa shape index (κ1) is 21.1. The van der Waals surface area contributed by atoms with Crippen molar-refractivity contribution in [2.45, 2.75) is 19.4 Å². The number of nitriles is 1. The Labute approximate surface area is 184 Å². The molecule has 31 heavy (non-hydrogen) atoms. The van der Waals surface area contributed by atoms with Gasteiger partial charge in [0.05, 0.1) is 17.5 Å². The number of rotatable bonds is 3. The summed E-state index contributed by atoms with van der Waals surface area (Å²) in [5, 5.41) is 10.1. The van der Waals surface area contributed by atoms with E-state index in [0.717, 1.165) is 10.5 Å². The van der Waals surface area contributed by atoms with Crippen molar-refractivity contribution >= 4 is 39.3 Å². The molecule has 1 fully saturated rings. The van der Waals surface area contributed by atoms with Crippen LogP contribution in [0.4, 0.5) is 0 Å². The highest BCUT2D eigenvalue weighted by Crippen LogP contribution is 2.32. The molecule has 1 saturated heterocycles. The summed E-state index contributed by atoms with van der Waals surface area (Å²) < 4.78 is 29.6. The monoisotopic (exact) mass is 456 g/mol. The third-order valence-electron chi connectivity index (χ3n) is 5.39. The first-order valence-corrected chi connectivity index (χ1v) is 11.7. The number of hydrogen-bond donors (Lipinski definition) is 0. The second-order valence-corrected chi connectivity index (χ2v) is 10.1. The highest BCUT2D eigenvalue weighted by molar-refractivity contribution is 7.91. The lowest BCUT2D eigenvalue weighted by Gasteiger charge is -2.31. The predicted molar refractivity (Wildman–Crippen MR) is 114 cm³/mol. The van der Waals surface area contributed by atoms with Gasteiger partial charge < -0.3 is 4.42 Å². The molecule has 0 saturated carbocycles. The van der Waals surface area contributed by atoms with Gasteiger partial charge in [-0.1, -0.05) is 11.6 Å². The van der Waals surface area contributed by atoms with Gasteiger partial charge >= 0.3 is 0 Å². The minimum absolute atomic E-state index is 0.0962. The van der Waals surface area contributed by atoms with Crippen molar-refractivity contribution in [2.75, 3.05) is 11.5 Å². The molecule has 7 nitrogen and oxygen atoms in total. The molecular weight excluding hydrogens is 440 g/mol. The fourth-order valence-electron chi connectivity index (χ4n) is 3.75. The zero-order valence-corrected chi connectivity index (χ0v) is 18.0. The van der Waals surface area contributed by atoms with E-state index in [1.54, 1.807) is 36.4 Å². The molecule has 2 aliphatic heterocycles. The van der Waals surface area contributed by atoms with Gasteiger partial charge in [0.25, 0.3) is 11.8 Å². The smallest absolute Gasteiger partial charge is 0.271 e. The van der Waals surface area contributed by atoms with E-state index >= 15 is 0 Å². The number of furan rings is 1. The first-order chi connectivity index (χ1) is 14.7. The lowest BCUT2D eigenvalue weighted by Crippen LogP contribution is -2.49. The third kappa shape index (κ3) is 3.94. The lowest BCUT2D eigenvalue weighted by atomic mass is 9.93. The summed E-state index contributed by atoms with van der Waals surface area (Å²) >= 11 is 5.91. The lowest BCUT2D eigenvalue weighted by molar-refractivity contribution is -0.142. The van der Waals surface area contributed by atoms with Gasteiger partial charge in [-0.25, -0.2) is 8.42 Å². The Balaban J connectivity index is 1.73. The number of sulfone groups is 1. The van der Waals surface area contributed by atoms with E-state index in [9.17, 15) is 23.3 Å². The summed E-state index contributed by atoms with van der Waals surface area (Å²) in [5.74, 6) is -0.863. The van der Waals surface area contributed by atoms with Crippen molar-refractivity contribution in [1.82, 2.24) is 4.90 Å². The van der Waals surface area contributed by atoms with Crippen molar-refractivity contribution in [3.05, 3.63) is 63.9 Å². The van der Waals surface area contributed by atoms with Gasteiger partial charge in [-0.2, -0.15) is 5.26 Å². The van der Waals surface area contributed by atoms with Crippen LogP contribution in [0, 0.1) is 11.3 Å². The number of carbonyl (C=O) groups excluding carboxylic acids is 2. The summed E-state index contributed by atoms with van der Waals surface area (Å²) in [5.41, 5.74) is 0.970. The average molecular weight is 457 g/mol. The number of halogens is 1. The Hall–Kier alpha value is -3.15. The molecule has 2 aliphatic rings. The molecule has 0 N–H and O–H groups in total. The molecular formula is C22H17ClN2O5S. The SMILES string of the molecule is CC1=C(C#N)C(=O)N(C2CCS(=O)(=O)C2)C(=O)/C1=C/c1ccc(-c2ccc(Cl)cc2)o1. The van der Waals surface area contributed by atoms with Crippen LogP contribution in [-0.2, 0) is 19.4 Å². The van der Waals surface area contributed by atoms with Crippen LogP contribution in [0.3, 0.4) is 0 Å². The fraction of sp³-hybridized carbons (Fsp3) is 0.227. The molecule has 1 unspecified atom stereocenters. The van der Waals surface area contributed by atoms with Gasteiger partial charge in [0.15, 0.2) is 9.84 Å². The molecule has 1 aromatic carbocycles. The summed E-state index contributed by atoms with van der Waals surface area (Å²) in [6, 6.07) is 11.5. The maximum absolute atomic E-state index is 13.2. The van der Waals surface area contributed by atoms with Crippen molar-refractivity contribution in [2.24, 2.45) is 0 Å². The summed E-state index contributed by atoms with van der Waals surface area (Å²) in [4.78, 5) is 26.8. The Bertz CT molecular complexity index is 1300. The molecule has 0 bridgehead atoms. The van der Waals surface area contributed by atoms with Gasteiger partial charge in [0, 0.05) is 16.2 Å². The van der Waals surface area contributed by atoms with E-state index in [2.05, 4.69) is 0 Å². The second-order valence-electron chi connectivity index (χ2n) is 7.42. The van der Waals surface area contributed by atoms with Crippen LogP contribution in [0.2, 0.25) is 5.02 Å². The minimum Gasteiger partial charge on any atom is -0.457 e. The van der Waals surface area contributed by atoms with Crippen LogP contribution < -0.4 is 0 Å². The van der Waals surface area contributed by atoms with E-state index in [-0.39, 0.29) is 34.6 Å². The van der Waals surface area contributed by atoms with Crippen molar-refractivity contribution < 1.29 is 22.4 Å². The van der Waals surface area contributed by atoms with Crippen LogP contribution in [0.1, 0.15) is 19.1 Å². The predicted octanol–water partition coefficient (Wildman–Crippen LogP) is 3.38. The van der Waals surface area contributed by atoms with Gasteiger partial charge in [0.1, 0.15) is 23.2 Å². The molecule has 0 aliphatic carbocycles. The largest absolute Gasteiger partial charge is 0.457 e. The van der Waals surface area contributed by atoms with Crippen LogP contribution >= 0.6 is 11.6 Å². The molecule has 1 atom stereocenters. The molecule has 3 heterocycles. The van der Waals surface area contributed by atoms with Crippen molar-refractivity contribution in [3.8, 4) is 17.4 Å². The topological polar surface area (TPSA) is 108 Å². The quantitative estimate of drug-likeness (QED) is 0.517. The first-order valence-electron chi connectivity index (χ1n) is 9.47. The number of carbonyl (C=O) groups is 2. The number of hydrogen-bond acceptors (Lipinski definition) is 6. The Morgan fingerprint density at radius 3 is 2.48 bits per heavy atom. The summed E-state index contributed by atoms with van der Waals surface area (Å²) in [7, 11) is -3.33. The molecule has 158 valence electrons. The van der Waals surface area contributed by atoms with Gasteiger partial charge in [-0.05, 0) is 61.4 Å². The van der Waals surface area contributed by atoms with Crippen molar-refractivity contribution in [3.63, 3.8) is 0 Å². The second kappa shape index (κ2) is 7.84. The summed E-state index contributed by atoms with van der Waals surface area (Å²) in [6.07, 6.45) is 1.63. The van der Waals surface area contributed by atoms with E-state index < -0.39 is 27.7 Å². The molecule has 1 aromatic heterocycles. The van der Waals surface area contributed by atoms with Crippen molar-refractivity contribution in [1.29, 1.82) is 5.26 Å². The van der Waals surface area contributed by atoms with E-state index in [0.29, 0.717) is 16.5 Å². The highest BCUT2D eigenvalue weighted by Gasteiger charge is 2.43. The molecule has 4 rings (SSSR count). The molecule has 2 amide bonds. The Kier molecular flexibility index (Phi) is 5.33. The normalized spacial score (nSPS) is 22.3. The van der Waals surface area contributed by atoms with Gasteiger partial charge in [-0.15, -0.1) is 0 Å². The van der Waals surface area contributed by atoms with E-state index in [1.165, 1.54) is 13.0 Å². The van der Waals surface area contributed by atoms with Crippen LogP contribution in [0.5, 0.6) is 0 Å². The van der Waals surface area contributed by atoms with Crippen LogP contribution in [0.25, 0.3) is 17.4 Å². The van der Waals surface area contributed by atoms with Crippen LogP contribution in [-0.4, -0.2) is 42.7 Å². The maximum Gasteiger partial charge on any atom is 0.271 e. The molecule has 9 heteroatoms. The standard InChI is InChI=1S/C22H17ClN2O5S/c1-13-18(10-17-6-7-20(30-17)14-2-4-15(23)5-3-14)21(26)25(22(27)19(13)11-24)16-8-9-31(28,29)12-16/h2-7,10,16H,8-9,12H2,1H3/b18-10+. The maximum atomic E-state index is 13.2. The Morgan fingerprint density at radius 2 is 1.87 bits per heavy atom. The number of amides is 2. The fourth-order valence-corrected chi connectivity index (χ4v) is 5.58. The molecule has 0 spiro atoms. The third-order valence-corrected chi connectivity index (χ3v) is 7.39. The highest BCUT2D eigenvalue weighted by atomic mass is 35.5. The zero-order valence-electron chi connectivity index (χ0n) is 16.5. The average Bonchev–Trinajstić information content (AvgIpc) is 3.32. The van der Waals surface area contributed by atoms with E-state index in [1.807, 2.05) is 6.07 Å². The number of benzene rings is 1. The Morgan fingerprint density at radius 1 is 1.16 bits per heavy atom. The van der Waals surface area contributed by atoms with Gasteiger partial charge in [0.2, 0.25) is 0 Å². The summed E-state index contributed by atoms with van der Waals surface area (Å²) in [6.45, 7) is 1.52. The number of imide groups is 1. The number of nitrogens with zero attached hydrogens (tertiary/aromatic N) is 2. The van der Waals surface area contributed by atoms with E-state index in [4.69, 9.17) is 16.0 Å². The molecule has 0 radical (unpaired) electrons. The van der Waals surface area contributed by atoms with Gasteiger partial charge in [-0.3, -0.25) is 14.5 Å². The van der Waals surface area contributed by atoms with Crippen LogP contribution in [0.15, 0.2) is 57.5 Å². The zero-order chi connectivity index (χ0) is 22.3. The minimum atomic E-state index is -3.33. The molecule has 2 aromatic rings.